The molecule has 6 heteroatoms. The van der Waals surface area contributed by atoms with Crippen molar-refractivity contribution in [2.24, 2.45) is 7.05 Å². The monoisotopic (exact) mass is 311 g/mol. The van der Waals surface area contributed by atoms with Crippen LogP contribution in [0.3, 0.4) is 0 Å². The van der Waals surface area contributed by atoms with Crippen LogP contribution in [0.5, 0.6) is 5.75 Å². The van der Waals surface area contributed by atoms with Crippen molar-refractivity contribution < 1.29 is 4.74 Å². The van der Waals surface area contributed by atoms with E-state index < -0.39 is 0 Å². The number of anilines is 1. The molecule has 1 N–H and O–H groups in total. The summed E-state index contributed by atoms with van der Waals surface area (Å²) in [6, 6.07) is 8.13. The predicted octanol–water partition coefficient (Wildman–Crippen LogP) is 2.73. The third-order valence-electron chi connectivity index (χ3n) is 3.81. The zero-order chi connectivity index (χ0) is 16.2. The zero-order valence-corrected chi connectivity index (χ0v) is 13.7. The van der Waals surface area contributed by atoms with E-state index in [9.17, 15) is 0 Å². The van der Waals surface area contributed by atoms with Gasteiger partial charge in [-0.3, -0.25) is 4.68 Å². The zero-order valence-electron chi connectivity index (χ0n) is 13.7. The number of aryl methyl sites for hydroxylation is 3. The maximum Gasteiger partial charge on any atom is 0.163 e. The van der Waals surface area contributed by atoms with Crippen LogP contribution in [0.1, 0.15) is 17.8 Å². The standard InChI is InChI=1S/C17H21N5O/c1-12-20-16(14-11-19-22(2)17(14)21-12)18-10-6-8-13-7-4-5-9-15(13)23-3/h4-5,7,9,11H,6,8,10H2,1-3H3,(H,18,20,21). The van der Waals surface area contributed by atoms with E-state index in [0.717, 1.165) is 47.8 Å². The first-order valence-corrected chi connectivity index (χ1v) is 7.71. The van der Waals surface area contributed by atoms with E-state index in [4.69, 9.17) is 4.74 Å². The molecule has 3 aromatic rings. The molecular formula is C17H21N5O. The molecule has 0 amide bonds. The summed E-state index contributed by atoms with van der Waals surface area (Å²) in [5, 5.41) is 8.61. The van der Waals surface area contributed by atoms with E-state index in [1.165, 1.54) is 5.56 Å². The molecule has 2 heterocycles. The Hall–Kier alpha value is -2.63. The maximum atomic E-state index is 5.38. The molecule has 0 bridgehead atoms. The Morgan fingerprint density at radius 1 is 1.22 bits per heavy atom. The van der Waals surface area contributed by atoms with Crippen LogP contribution in [-0.4, -0.2) is 33.4 Å². The van der Waals surface area contributed by atoms with E-state index in [0.29, 0.717) is 0 Å². The molecule has 0 radical (unpaired) electrons. The number of nitrogens with one attached hydrogen (secondary N) is 1. The van der Waals surface area contributed by atoms with Crippen LogP contribution in [0.15, 0.2) is 30.5 Å². The lowest BCUT2D eigenvalue weighted by Crippen LogP contribution is -2.07. The number of rotatable bonds is 6. The van der Waals surface area contributed by atoms with Gasteiger partial charge in [-0.25, -0.2) is 9.97 Å². The van der Waals surface area contributed by atoms with Gasteiger partial charge in [0.05, 0.1) is 18.7 Å². The normalized spacial score (nSPS) is 10.9. The van der Waals surface area contributed by atoms with E-state index in [2.05, 4.69) is 26.4 Å². The lowest BCUT2D eigenvalue weighted by Gasteiger charge is -2.10. The number of aromatic nitrogens is 4. The quantitative estimate of drug-likeness (QED) is 0.709. The van der Waals surface area contributed by atoms with Crippen LogP contribution >= 0.6 is 0 Å². The Balaban J connectivity index is 1.65. The van der Waals surface area contributed by atoms with Crippen molar-refractivity contribution in [3.05, 3.63) is 41.9 Å². The van der Waals surface area contributed by atoms with Gasteiger partial charge in [-0.05, 0) is 31.4 Å². The molecule has 0 fully saturated rings. The third-order valence-corrected chi connectivity index (χ3v) is 3.81. The first-order valence-electron chi connectivity index (χ1n) is 7.71. The first-order chi connectivity index (χ1) is 11.2. The summed E-state index contributed by atoms with van der Waals surface area (Å²) in [6.07, 6.45) is 3.75. The Kier molecular flexibility index (Phi) is 4.41. The van der Waals surface area contributed by atoms with Crippen LogP contribution in [-0.2, 0) is 13.5 Å². The third kappa shape index (κ3) is 3.26. The molecule has 0 aliphatic carbocycles. The highest BCUT2D eigenvalue weighted by molar-refractivity contribution is 5.86. The minimum Gasteiger partial charge on any atom is -0.496 e. The topological polar surface area (TPSA) is 64.9 Å². The number of benzene rings is 1. The molecule has 1 aromatic carbocycles. The number of ether oxygens (including phenoxy) is 1. The fourth-order valence-electron chi connectivity index (χ4n) is 2.66. The number of nitrogens with zero attached hydrogens (tertiary/aromatic N) is 4. The Bertz CT molecular complexity index is 812. The number of hydrogen-bond donors (Lipinski definition) is 1. The van der Waals surface area contributed by atoms with Gasteiger partial charge < -0.3 is 10.1 Å². The van der Waals surface area contributed by atoms with Crippen LogP contribution in [0, 0.1) is 6.92 Å². The molecule has 0 spiro atoms. The molecule has 0 saturated carbocycles. The molecule has 6 nitrogen and oxygen atoms in total. The summed E-state index contributed by atoms with van der Waals surface area (Å²) in [6.45, 7) is 2.73. The lowest BCUT2D eigenvalue weighted by atomic mass is 10.1. The van der Waals surface area contributed by atoms with E-state index in [-0.39, 0.29) is 0 Å². The van der Waals surface area contributed by atoms with Gasteiger partial charge in [0.1, 0.15) is 17.4 Å². The molecule has 2 aromatic heterocycles. The molecule has 3 rings (SSSR count). The summed E-state index contributed by atoms with van der Waals surface area (Å²) in [5.74, 6) is 2.54. The molecule has 0 aliphatic heterocycles. The number of para-hydroxylation sites is 1. The highest BCUT2D eigenvalue weighted by Crippen LogP contribution is 2.21. The molecular weight excluding hydrogens is 290 g/mol. The summed E-state index contributed by atoms with van der Waals surface area (Å²) < 4.78 is 7.15. The number of methoxy groups -OCH3 is 1. The van der Waals surface area contributed by atoms with Crippen LogP contribution in [0.2, 0.25) is 0 Å². The minimum atomic E-state index is 0.744. The summed E-state index contributed by atoms with van der Waals surface area (Å²) >= 11 is 0. The Labute approximate surface area is 135 Å². The second-order valence-corrected chi connectivity index (χ2v) is 5.47. The minimum absolute atomic E-state index is 0.744. The average Bonchev–Trinajstić information content (AvgIpc) is 2.93. The Morgan fingerprint density at radius 2 is 2.04 bits per heavy atom. The fourth-order valence-corrected chi connectivity index (χ4v) is 2.66. The van der Waals surface area contributed by atoms with Crippen molar-refractivity contribution in [1.29, 1.82) is 0 Å². The van der Waals surface area contributed by atoms with Crippen molar-refractivity contribution in [2.45, 2.75) is 19.8 Å². The SMILES string of the molecule is COc1ccccc1CCCNc1nc(C)nc2c1cnn2C. The van der Waals surface area contributed by atoms with Crippen molar-refractivity contribution in [1.82, 2.24) is 19.7 Å². The second kappa shape index (κ2) is 6.64. The van der Waals surface area contributed by atoms with Crippen LogP contribution < -0.4 is 10.1 Å². The lowest BCUT2D eigenvalue weighted by molar-refractivity contribution is 0.409. The van der Waals surface area contributed by atoms with Gasteiger partial charge in [0, 0.05) is 13.6 Å². The van der Waals surface area contributed by atoms with Gasteiger partial charge in [0.15, 0.2) is 5.65 Å². The van der Waals surface area contributed by atoms with E-state index >= 15 is 0 Å². The van der Waals surface area contributed by atoms with Crippen molar-refractivity contribution in [2.75, 3.05) is 19.0 Å². The van der Waals surface area contributed by atoms with Crippen molar-refractivity contribution in [3.8, 4) is 5.75 Å². The molecule has 0 unspecified atom stereocenters. The molecule has 0 saturated heterocycles. The summed E-state index contributed by atoms with van der Waals surface area (Å²) in [5.41, 5.74) is 2.08. The molecule has 120 valence electrons. The average molecular weight is 311 g/mol. The van der Waals surface area contributed by atoms with Crippen LogP contribution in [0.4, 0.5) is 5.82 Å². The molecule has 0 atom stereocenters. The van der Waals surface area contributed by atoms with Crippen LogP contribution in [0.25, 0.3) is 11.0 Å². The summed E-state index contributed by atoms with van der Waals surface area (Å²) in [7, 11) is 3.60. The van der Waals surface area contributed by atoms with Gasteiger partial charge >= 0.3 is 0 Å². The van der Waals surface area contributed by atoms with Gasteiger partial charge in [0.25, 0.3) is 0 Å². The summed E-state index contributed by atoms with van der Waals surface area (Å²) in [4.78, 5) is 8.92. The highest BCUT2D eigenvalue weighted by atomic mass is 16.5. The van der Waals surface area contributed by atoms with Gasteiger partial charge in [-0.1, -0.05) is 18.2 Å². The van der Waals surface area contributed by atoms with Crippen molar-refractivity contribution >= 4 is 16.9 Å². The first kappa shape index (κ1) is 15.3. The fraction of sp³-hybridized carbons (Fsp3) is 0.353. The maximum absolute atomic E-state index is 5.38. The predicted molar refractivity (Wildman–Crippen MR) is 90.8 cm³/mol. The molecule has 23 heavy (non-hydrogen) atoms. The smallest absolute Gasteiger partial charge is 0.163 e. The second-order valence-electron chi connectivity index (χ2n) is 5.47. The van der Waals surface area contributed by atoms with Gasteiger partial charge in [0.2, 0.25) is 0 Å². The van der Waals surface area contributed by atoms with Crippen molar-refractivity contribution in [3.63, 3.8) is 0 Å². The Morgan fingerprint density at radius 3 is 2.87 bits per heavy atom. The highest BCUT2D eigenvalue weighted by Gasteiger charge is 2.09. The molecule has 0 aliphatic rings. The number of fused-ring (bicyclic) bond motifs is 1. The van der Waals surface area contributed by atoms with E-state index in [1.807, 2.05) is 32.2 Å². The van der Waals surface area contributed by atoms with Gasteiger partial charge in [-0.2, -0.15) is 5.10 Å². The largest absolute Gasteiger partial charge is 0.496 e. The number of hydrogen-bond acceptors (Lipinski definition) is 5. The van der Waals surface area contributed by atoms with E-state index in [1.54, 1.807) is 18.0 Å². The van der Waals surface area contributed by atoms with Gasteiger partial charge in [-0.15, -0.1) is 0 Å².